The number of pyridine rings is 1. The van der Waals surface area contributed by atoms with Gasteiger partial charge in [-0.25, -0.2) is 4.68 Å². The second-order valence-corrected chi connectivity index (χ2v) is 3.89. The van der Waals surface area contributed by atoms with Gasteiger partial charge in [-0.15, -0.1) is 0 Å². The van der Waals surface area contributed by atoms with E-state index in [2.05, 4.69) is 28.4 Å². The molecule has 0 aliphatic heterocycles. The van der Waals surface area contributed by atoms with E-state index in [9.17, 15) is 0 Å². The van der Waals surface area contributed by atoms with Gasteiger partial charge in [0.2, 0.25) is 0 Å². The first-order valence-electron chi connectivity index (χ1n) is 6.16. The van der Waals surface area contributed by atoms with Crippen LogP contribution in [-0.2, 0) is 6.54 Å². The Labute approximate surface area is 107 Å². The molecule has 0 unspecified atom stereocenters. The standard InChI is InChI=1S/C13H18N4O/c1-3-14-6-11-5-12(8-15-7-11)17-10-13(9-16-17)18-4-2/h5,7-10,14H,3-4,6H2,1-2H3. The summed E-state index contributed by atoms with van der Waals surface area (Å²) in [6, 6.07) is 2.07. The summed E-state index contributed by atoms with van der Waals surface area (Å²) in [6.45, 7) is 6.44. The molecule has 2 aromatic heterocycles. The Morgan fingerprint density at radius 1 is 1.28 bits per heavy atom. The number of ether oxygens (including phenoxy) is 1. The van der Waals surface area contributed by atoms with Crippen molar-refractivity contribution in [2.45, 2.75) is 20.4 Å². The predicted octanol–water partition coefficient (Wildman–Crippen LogP) is 1.78. The minimum Gasteiger partial charge on any atom is -0.491 e. The molecular weight excluding hydrogens is 228 g/mol. The number of nitrogens with one attached hydrogen (secondary N) is 1. The van der Waals surface area contributed by atoms with Crippen molar-refractivity contribution in [1.29, 1.82) is 0 Å². The molecule has 0 amide bonds. The molecule has 0 spiro atoms. The Bertz CT molecular complexity index is 495. The van der Waals surface area contributed by atoms with Crippen molar-refractivity contribution < 1.29 is 4.74 Å². The van der Waals surface area contributed by atoms with Crippen LogP contribution in [0.5, 0.6) is 5.75 Å². The van der Waals surface area contributed by atoms with Crippen molar-refractivity contribution in [3.05, 3.63) is 36.4 Å². The summed E-state index contributed by atoms with van der Waals surface area (Å²) in [7, 11) is 0. The lowest BCUT2D eigenvalue weighted by atomic mass is 10.2. The van der Waals surface area contributed by atoms with E-state index < -0.39 is 0 Å². The number of hydrogen-bond donors (Lipinski definition) is 1. The van der Waals surface area contributed by atoms with Gasteiger partial charge in [-0.05, 0) is 25.1 Å². The average molecular weight is 246 g/mol. The summed E-state index contributed by atoms with van der Waals surface area (Å²) in [6.07, 6.45) is 7.22. The van der Waals surface area contributed by atoms with Crippen molar-refractivity contribution in [1.82, 2.24) is 20.1 Å². The molecule has 1 N–H and O–H groups in total. The van der Waals surface area contributed by atoms with Gasteiger partial charge in [-0.3, -0.25) is 4.98 Å². The third-order valence-corrected chi connectivity index (χ3v) is 2.49. The first-order valence-corrected chi connectivity index (χ1v) is 6.16. The Morgan fingerprint density at radius 3 is 2.94 bits per heavy atom. The fourth-order valence-corrected chi connectivity index (χ4v) is 1.65. The molecule has 0 fully saturated rings. The number of nitrogens with zero attached hydrogens (tertiary/aromatic N) is 3. The molecular formula is C13H18N4O. The Balaban J connectivity index is 2.15. The van der Waals surface area contributed by atoms with Gasteiger partial charge < -0.3 is 10.1 Å². The van der Waals surface area contributed by atoms with Gasteiger partial charge in [0.25, 0.3) is 0 Å². The molecule has 96 valence electrons. The first kappa shape index (κ1) is 12.6. The molecule has 0 aliphatic rings. The molecule has 18 heavy (non-hydrogen) atoms. The topological polar surface area (TPSA) is 52.0 Å². The lowest BCUT2D eigenvalue weighted by Gasteiger charge is -2.05. The monoisotopic (exact) mass is 246 g/mol. The van der Waals surface area contributed by atoms with Crippen LogP contribution in [0.25, 0.3) is 5.69 Å². The van der Waals surface area contributed by atoms with Crippen molar-refractivity contribution in [2.75, 3.05) is 13.2 Å². The molecule has 2 rings (SSSR count). The number of rotatable bonds is 6. The third kappa shape index (κ3) is 3.07. The molecule has 0 aromatic carbocycles. The maximum absolute atomic E-state index is 5.39. The maximum Gasteiger partial charge on any atom is 0.157 e. The number of hydrogen-bond acceptors (Lipinski definition) is 4. The zero-order valence-electron chi connectivity index (χ0n) is 10.8. The number of aromatic nitrogens is 3. The average Bonchev–Trinajstić information content (AvgIpc) is 2.86. The van der Waals surface area contributed by atoms with E-state index in [0.29, 0.717) is 6.61 Å². The van der Waals surface area contributed by atoms with E-state index in [0.717, 1.165) is 30.1 Å². The van der Waals surface area contributed by atoms with E-state index in [-0.39, 0.29) is 0 Å². The van der Waals surface area contributed by atoms with Gasteiger partial charge in [0, 0.05) is 12.7 Å². The molecule has 0 saturated carbocycles. The van der Waals surface area contributed by atoms with Crippen LogP contribution in [0.1, 0.15) is 19.4 Å². The molecule has 0 saturated heterocycles. The Morgan fingerprint density at radius 2 is 2.17 bits per heavy atom. The summed E-state index contributed by atoms with van der Waals surface area (Å²) in [5.74, 6) is 0.773. The van der Waals surface area contributed by atoms with Crippen LogP contribution in [-0.4, -0.2) is 27.9 Å². The summed E-state index contributed by atoms with van der Waals surface area (Å²) >= 11 is 0. The van der Waals surface area contributed by atoms with Crippen molar-refractivity contribution >= 4 is 0 Å². The quantitative estimate of drug-likeness (QED) is 0.844. The molecule has 2 heterocycles. The fraction of sp³-hybridized carbons (Fsp3) is 0.385. The van der Waals surface area contributed by atoms with Crippen molar-refractivity contribution in [3.8, 4) is 11.4 Å². The zero-order valence-corrected chi connectivity index (χ0v) is 10.8. The van der Waals surface area contributed by atoms with E-state index >= 15 is 0 Å². The van der Waals surface area contributed by atoms with Crippen LogP contribution >= 0.6 is 0 Å². The largest absolute Gasteiger partial charge is 0.491 e. The van der Waals surface area contributed by atoms with Crippen molar-refractivity contribution in [3.63, 3.8) is 0 Å². The molecule has 5 heteroatoms. The van der Waals surface area contributed by atoms with Crippen molar-refractivity contribution in [2.24, 2.45) is 0 Å². The SMILES string of the molecule is CCNCc1cncc(-n2cc(OCC)cn2)c1. The summed E-state index contributed by atoms with van der Waals surface area (Å²) in [4.78, 5) is 4.23. The van der Waals surface area contributed by atoms with Gasteiger partial charge in [0.1, 0.15) is 0 Å². The van der Waals surface area contributed by atoms with Gasteiger partial charge in [-0.2, -0.15) is 5.10 Å². The Kier molecular flexibility index (Phi) is 4.30. The summed E-state index contributed by atoms with van der Waals surface area (Å²) in [5.41, 5.74) is 2.08. The van der Waals surface area contributed by atoms with E-state index in [4.69, 9.17) is 4.74 Å². The highest BCUT2D eigenvalue weighted by Crippen LogP contribution is 2.13. The Hall–Kier alpha value is -1.88. The second-order valence-electron chi connectivity index (χ2n) is 3.89. The van der Waals surface area contributed by atoms with Crippen LogP contribution in [0.3, 0.4) is 0 Å². The molecule has 0 atom stereocenters. The van der Waals surface area contributed by atoms with Gasteiger partial charge in [-0.1, -0.05) is 6.92 Å². The highest BCUT2D eigenvalue weighted by atomic mass is 16.5. The van der Waals surface area contributed by atoms with E-state index in [1.54, 1.807) is 17.1 Å². The molecule has 5 nitrogen and oxygen atoms in total. The minimum absolute atomic E-state index is 0.643. The van der Waals surface area contributed by atoms with Crippen LogP contribution in [0.2, 0.25) is 0 Å². The maximum atomic E-state index is 5.39. The van der Waals surface area contributed by atoms with Crippen LogP contribution < -0.4 is 10.1 Å². The van der Waals surface area contributed by atoms with Gasteiger partial charge in [0.15, 0.2) is 5.75 Å². The van der Waals surface area contributed by atoms with Gasteiger partial charge >= 0.3 is 0 Å². The van der Waals surface area contributed by atoms with E-state index in [1.807, 2.05) is 19.3 Å². The second kappa shape index (κ2) is 6.16. The van der Waals surface area contributed by atoms with Crippen LogP contribution in [0.4, 0.5) is 0 Å². The third-order valence-electron chi connectivity index (χ3n) is 2.49. The first-order chi connectivity index (χ1) is 8.83. The minimum atomic E-state index is 0.643. The van der Waals surface area contributed by atoms with Crippen LogP contribution in [0.15, 0.2) is 30.9 Å². The molecule has 0 bridgehead atoms. The van der Waals surface area contributed by atoms with Crippen LogP contribution in [0, 0.1) is 0 Å². The smallest absolute Gasteiger partial charge is 0.157 e. The lowest BCUT2D eigenvalue weighted by Crippen LogP contribution is -2.12. The lowest BCUT2D eigenvalue weighted by molar-refractivity contribution is 0.340. The molecule has 0 radical (unpaired) electrons. The zero-order chi connectivity index (χ0) is 12.8. The highest BCUT2D eigenvalue weighted by molar-refractivity contribution is 5.33. The normalized spacial score (nSPS) is 10.6. The van der Waals surface area contributed by atoms with E-state index in [1.165, 1.54) is 0 Å². The fourth-order valence-electron chi connectivity index (χ4n) is 1.65. The molecule has 0 aliphatic carbocycles. The summed E-state index contributed by atoms with van der Waals surface area (Å²) < 4.78 is 7.16. The predicted molar refractivity (Wildman–Crippen MR) is 69.9 cm³/mol. The highest BCUT2D eigenvalue weighted by Gasteiger charge is 2.02. The molecule has 2 aromatic rings. The van der Waals surface area contributed by atoms with Gasteiger partial charge in [0.05, 0.1) is 30.9 Å². The summed E-state index contributed by atoms with van der Waals surface area (Å²) in [5, 5.41) is 7.53.